The van der Waals surface area contributed by atoms with Crippen LogP contribution in [0.1, 0.15) is 194 Å². The van der Waals surface area contributed by atoms with E-state index < -0.39 is 32.5 Å². The van der Waals surface area contributed by atoms with E-state index in [2.05, 4.69) is 50.3 Å². The van der Waals surface area contributed by atoms with Gasteiger partial charge in [-0.3, -0.25) is 18.6 Å². The van der Waals surface area contributed by atoms with Crippen LogP contribution in [0.4, 0.5) is 0 Å². The molecule has 2 atom stereocenters. The molecule has 3 N–H and O–H groups in total. The van der Waals surface area contributed by atoms with Crippen molar-refractivity contribution in [2.75, 3.05) is 26.4 Å². The number of rotatable bonds is 41. The zero-order valence-electron chi connectivity index (χ0n) is 35.2. The van der Waals surface area contributed by atoms with Crippen molar-refractivity contribution in [3.05, 3.63) is 48.6 Å². The second-order valence-electron chi connectivity index (χ2n) is 14.6. The van der Waals surface area contributed by atoms with Crippen LogP contribution in [0.15, 0.2) is 48.6 Å². The summed E-state index contributed by atoms with van der Waals surface area (Å²) < 4.78 is 32.7. The van der Waals surface area contributed by atoms with Crippen molar-refractivity contribution in [1.29, 1.82) is 0 Å². The molecule has 0 saturated heterocycles. The van der Waals surface area contributed by atoms with Crippen molar-refractivity contribution in [1.82, 2.24) is 0 Å². The number of carbonyl (C=O) groups is 2. The van der Waals surface area contributed by atoms with Crippen LogP contribution < -0.4 is 5.73 Å². The fraction of sp³-hybridized carbons (Fsp3) is 0.778. The number of hydrogen-bond donors (Lipinski definition) is 2. The molecular formula is C45H82NO8P. The molecule has 0 radical (unpaired) electrons. The maximum Gasteiger partial charge on any atom is 0.472 e. The summed E-state index contributed by atoms with van der Waals surface area (Å²) in [6.45, 7) is 3.64. The van der Waals surface area contributed by atoms with E-state index in [9.17, 15) is 19.0 Å². The number of ether oxygens (including phenoxy) is 2. The van der Waals surface area contributed by atoms with E-state index in [-0.39, 0.29) is 32.6 Å². The number of phosphoric ester groups is 1. The van der Waals surface area contributed by atoms with Gasteiger partial charge in [-0.05, 0) is 44.9 Å². The fourth-order valence-corrected chi connectivity index (χ4v) is 6.70. The summed E-state index contributed by atoms with van der Waals surface area (Å²) in [5, 5.41) is 0. The molecule has 0 aromatic heterocycles. The van der Waals surface area contributed by atoms with Gasteiger partial charge in [0.25, 0.3) is 0 Å². The van der Waals surface area contributed by atoms with Crippen LogP contribution in [0, 0.1) is 0 Å². The standard InChI is InChI=1S/C45H82NO8P/c1-3-5-7-9-11-13-15-17-19-21-23-25-27-29-31-33-35-37-44(47)51-41-43(42-53-55(49,50)52-40-39-46)54-45(48)38-36-34-32-30-28-26-24-22-20-18-16-14-12-10-8-6-4-2/h14,16,20,22,26,28,32,34,43H,3-13,15,17-19,21,23-25,27,29-31,33,35-42,46H2,1-2H3,(H,49,50). The summed E-state index contributed by atoms with van der Waals surface area (Å²) in [4.78, 5) is 34.8. The minimum Gasteiger partial charge on any atom is -0.462 e. The zero-order valence-corrected chi connectivity index (χ0v) is 36.0. The molecule has 10 heteroatoms. The maximum atomic E-state index is 12.5. The predicted molar refractivity (Wildman–Crippen MR) is 229 cm³/mol. The molecule has 0 aliphatic heterocycles. The molecule has 55 heavy (non-hydrogen) atoms. The number of nitrogens with two attached hydrogens (primary N) is 1. The van der Waals surface area contributed by atoms with Crippen molar-refractivity contribution in [3.8, 4) is 0 Å². The Morgan fingerprint density at radius 1 is 0.545 bits per heavy atom. The van der Waals surface area contributed by atoms with Crippen molar-refractivity contribution in [2.24, 2.45) is 5.73 Å². The molecule has 0 fully saturated rings. The molecule has 0 aliphatic rings. The first-order valence-electron chi connectivity index (χ1n) is 22.1. The van der Waals surface area contributed by atoms with E-state index in [1.54, 1.807) is 0 Å². The highest BCUT2D eigenvalue weighted by Gasteiger charge is 2.25. The maximum absolute atomic E-state index is 12.5. The second kappa shape index (κ2) is 41.6. The van der Waals surface area contributed by atoms with E-state index in [1.807, 2.05) is 12.2 Å². The van der Waals surface area contributed by atoms with Gasteiger partial charge in [-0.25, -0.2) is 4.57 Å². The average Bonchev–Trinajstić information content (AvgIpc) is 3.17. The van der Waals surface area contributed by atoms with Crippen molar-refractivity contribution < 1.29 is 37.6 Å². The molecule has 0 aromatic rings. The quantitative estimate of drug-likeness (QED) is 0.0268. The van der Waals surface area contributed by atoms with Crippen LogP contribution in [-0.2, 0) is 32.7 Å². The highest BCUT2D eigenvalue weighted by Crippen LogP contribution is 2.43. The average molecular weight is 796 g/mol. The van der Waals surface area contributed by atoms with Gasteiger partial charge in [-0.1, -0.05) is 184 Å². The Balaban J connectivity index is 4.24. The summed E-state index contributed by atoms with van der Waals surface area (Å²) in [5.74, 6) is -0.918. The minimum absolute atomic E-state index is 0.0425. The van der Waals surface area contributed by atoms with E-state index in [4.69, 9.17) is 24.3 Å². The molecule has 320 valence electrons. The largest absolute Gasteiger partial charge is 0.472 e. The first-order chi connectivity index (χ1) is 26.8. The molecule has 0 aromatic carbocycles. The number of hydrogen-bond acceptors (Lipinski definition) is 8. The number of unbranched alkanes of at least 4 members (excludes halogenated alkanes) is 20. The van der Waals surface area contributed by atoms with Crippen molar-refractivity contribution in [3.63, 3.8) is 0 Å². The van der Waals surface area contributed by atoms with Gasteiger partial charge in [0.15, 0.2) is 6.10 Å². The lowest BCUT2D eigenvalue weighted by Gasteiger charge is -2.19. The van der Waals surface area contributed by atoms with E-state index in [1.165, 1.54) is 122 Å². The van der Waals surface area contributed by atoms with Gasteiger partial charge in [0.05, 0.1) is 13.2 Å². The number of carbonyl (C=O) groups excluding carboxylic acids is 2. The summed E-state index contributed by atoms with van der Waals surface area (Å²) in [7, 11) is -4.39. The summed E-state index contributed by atoms with van der Waals surface area (Å²) in [6.07, 6.45) is 47.3. The normalized spacial score (nSPS) is 13.7. The highest BCUT2D eigenvalue weighted by atomic mass is 31.2. The molecule has 0 saturated carbocycles. The smallest absolute Gasteiger partial charge is 0.462 e. The number of allylic oxidation sites excluding steroid dienone is 8. The topological polar surface area (TPSA) is 134 Å². The van der Waals surface area contributed by atoms with Gasteiger partial charge in [0.2, 0.25) is 0 Å². The molecule has 0 rings (SSSR count). The lowest BCUT2D eigenvalue weighted by Crippen LogP contribution is -2.29. The lowest BCUT2D eigenvalue weighted by molar-refractivity contribution is -0.161. The van der Waals surface area contributed by atoms with Gasteiger partial charge in [-0.15, -0.1) is 0 Å². The van der Waals surface area contributed by atoms with E-state index in [0.29, 0.717) is 6.42 Å². The van der Waals surface area contributed by atoms with Crippen LogP contribution >= 0.6 is 7.82 Å². The van der Waals surface area contributed by atoms with E-state index >= 15 is 0 Å². The Labute approximate surface area is 336 Å². The molecule has 9 nitrogen and oxygen atoms in total. The first-order valence-corrected chi connectivity index (χ1v) is 23.6. The lowest BCUT2D eigenvalue weighted by atomic mass is 10.0. The minimum atomic E-state index is -4.39. The van der Waals surface area contributed by atoms with Gasteiger partial charge in [-0.2, -0.15) is 0 Å². The Hall–Kier alpha value is -2.03. The number of phosphoric acid groups is 1. The second-order valence-corrected chi connectivity index (χ2v) is 16.0. The third kappa shape index (κ3) is 41.4. The van der Waals surface area contributed by atoms with Crippen molar-refractivity contribution in [2.45, 2.75) is 200 Å². The van der Waals surface area contributed by atoms with Crippen molar-refractivity contribution >= 4 is 19.8 Å². The van der Waals surface area contributed by atoms with Crippen LogP contribution in [-0.4, -0.2) is 49.3 Å². The van der Waals surface area contributed by atoms with Gasteiger partial charge in [0.1, 0.15) is 6.61 Å². The highest BCUT2D eigenvalue weighted by molar-refractivity contribution is 7.47. The van der Waals surface area contributed by atoms with Crippen LogP contribution in [0.3, 0.4) is 0 Å². The Bertz CT molecular complexity index is 1040. The third-order valence-corrected chi connectivity index (χ3v) is 10.2. The van der Waals surface area contributed by atoms with E-state index in [0.717, 1.165) is 38.5 Å². The van der Waals surface area contributed by atoms with Crippen LogP contribution in [0.5, 0.6) is 0 Å². The number of esters is 2. The molecule has 0 heterocycles. The van der Waals surface area contributed by atoms with Gasteiger partial charge < -0.3 is 20.1 Å². The molecule has 0 amide bonds. The Kier molecular flexibility index (Phi) is 40.1. The molecule has 0 aliphatic carbocycles. The molecular weight excluding hydrogens is 713 g/mol. The molecule has 0 spiro atoms. The zero-order chi connectivity index (χ0) is 40.3. The SMILES string of the molecule is CCCCCCC=CCC=CCC=CCC=CCCC(=O)OC(COC(=O)CCCCCCCCCCCCCCCCCCC)COP(=O)(O)OCCN. The summed E-state index contributed by atoms with van der Waals surface area (Å²) >= 11 is 0. The third-order valence-electron chi connectivity index (χ3n) is 9.23. The summed E-state index contributed by atoms with van der Waals surface area (Å²) in [5.41, 5.74) is 5.34. The fourth-order valence-electron chi connectivity index (χ4n) is 5.93. The van der Waals surface area contributed by atoms with Crippen LogP contribution in [0.2, 0.25) is 0 Å². The Morgan fingerprint density at radius 2 is 0.982 bits per heavy atom. The van der Waals surface area contributed by atoms with Crippen LogP contribution in [0.25, 0.3) is 0 Å². The molecule has 2 unspecified atom stereocenters. The predicted octanol–water partition coefficient (Wildman–Crippen LogP) is 12.7. The summed E-state index contributed by atoms with van der Waals surface area (Å²) in [6, 6.07) is 0. The Morgan fingerprint density at radius 3 is 1.47 bits per heavy atom. The monoisotopic (exact) mass is 796 g/mol. The van der Waals surface area contributed by atoms with Gasteiger partial charge >= 0.3 is 19.8 Å². The first kappa shape index (κ1) is 53.0. The van der Waals surface area contributed by atoms with Gasteiger partial charge in [0, 0.05) is 19.4 Å². The molecule has 0 bridgehead atoms.